The number of carbonyl (C=O) groups is 2. The fourth-order valence-electron chi connectivity index (χ4n) is 1.09. The maximum absolute atomic E-state index is 11.3. The van der Waals surface area contributed by atoms with Crippen molar-refractivity contribution in [1.82, 2.24) is 15.4 Å². The summed E-state index contributed by atoms with van der Waals surface area (Å²) in [6.45, 7) is 2.01. The molecule has 0 spiro atoms. The van der Waals surface area contributed by atoms with Gasteiger partial charge in [-0.15, -0.1) is 0 Å². The van der Waals surface area contributed by atoms with Crippen LogP contribution in [0.2, 0.25) is 0 Å². The Balaban J connectivity index is 2.24. The summed E-state index contributed by atoms with van der Waals surface area (Å²) in [6.07, 6.45) is 0.262. The van der Waals surface area contributed by atoms with E-state index in [4.69, 9.17) is 4.52 Å². The molecule has 0 aromatic carbocycles. The molecule has 0 aliphatic heterocycles. The summed E-state index contributed by atoms with van der Waals surface area (Å²) in [6, 6.07) is 1.19. The van der Waals surface area contributed by atoms with Gasteiger partial charge in [0.2, 0.25) is 5.91 Å². The van der Waals surface area contributed by atoms with E-state index in [0.29, 0.717) is 11.6 Å². The standard InChI is InChI=1S/C10H16N4O3/c1-7-6-8(13-17-7)12-10(16)11-5-4-9(15)14(2)3/h6H,4-5H2,1-3H3,(H2,11,12,13,16). The van der Waals surface area contributed by atoms with E-state index in [1.165, 1.54) is 4.90 Å². The fraction of sp³-hybridized carbons (Fsp3) is 0.500. The van der Waals surface area contributed by atoms with Gasteiger partial charge in [0.15, 0.2) is 5.82 Å². The Morgan fingerprint density at radius 1 is 1.47 bits per heavy atom. The highest BCUT2D eigenvalue weighted by molar-refractivity contribution is 5.88. The van der Waals surface area contributed by atoms with E-state index < -0.39 is 6.03 Å². The summed E-state index contributed by atoms with van der Waals surface area (Å²) in [5.41, 5.74) is 0. The highest BCUT2D eigenvalue weighted by Crippen LogP contribution is 2.06. The van der Waals surface area contributed by atoms with Crippen LogP contribution in [-0.2, 0) is 4.79 Å². The number of urea groups is 1. The number of rotatable bonds is 4. The van der Waals surface area contributed by atoms with Gasteiger partial charge in [0, 0.05) is 33.1 Å². The third kappa shape index (κ3) is 4.54. The van der Waals surface area contributed by atoms with E-state index in [9.17, 15) is 9.59 Å². The Bertz CT molecular complexity index is 400. The van der Waals surface area contributed by atoms with Gasteiger partial charge in [-0.05, 0) is 6.92 Å². The maximum atomic E-state index is 11.3. The van der Waals surface area contributed by atoms with Crippen molar-refractivity contribution in [2.45, 2.75) is 13.3 Å². The van der Waals surface area contributed by atoms with Crippen LogP contribution in [0.15, 0.2) is 10.6 Å². The van der Waals surface area contributed by atoms with Crippen LogP contribution < -0.4 is 10.6 Å². The van der Waals surface area contributed by atoms with Crippen LogP contribution in [0.5, 0.6) is 0 Å². The third-order valence-corrected chi connectivity index (χ3v) is 1.99. The smallest absolute Gasteiger partial charge is 0.320 e. The first-order chi connectivity index (χ1) is 7.99. The van der Waals surface area contributed by atoms with Crippen molar-refractivity contribution in [1.29, 1.82) is 0 Å². The minimum atomic E-state index is -0.412. The molecular weight excluding hydrogens is 224 g/mol. The van der Waals surface area contributed by atoms with Crippen molar-refractivity contribution in [3.63, 3.8) is 0 Å². The normalized spacial score (nSPS) is 9.82. The molecule has 0 aliphatic rings. The molecule has 0 radical (unpaired) electrons. The second-order valence-corrected chi connectivity index (χ2v) is 3.74. The molecule has 0 fully saturated rings. The van der Waals surface area contributed by atoms with Crippen LogP contribution in [0.3, 0.4) is 0 Å². The van der Waals surface area contributed by atoms with Gasteiger partial charge in [-0.2, -0.15) is 0 Å². The van der Waals surface area contributed by atoms with Crippen molar-refractivity contribution in [2.24, 2.45) is 0 Å². The molecule has 0 unspecified atom stereocenters. The summed E-state index contributed by atoms with van der Waals surface area (Å²) in [4.78, 5) is 24.0. The van der Waals surface area contributed by atoms with E-state index in [1.807, 2.05) is 0 Å². The first-order valence-electron chi connectivity index (χ1n) is 5.17. The SMILES string of the molecule is Cc1cc(NC(=O)NCCC(=O)N(C)C)no1. The Morgan fingerprint density at radius 2 is 2.18 bits per heavy atom. The molecule has 0 saturated heterocycles. The summed E-state index contributed by atoms with van der Waals surface area (Å²) in [7, 11) is 3.33. The lowest BCUT2D eigenvalue weighted by Crippen LogP contribution is -2.33. The quantitative estimate of drug-likeness (QED) is 0.806. The van der Waals surface area contributed by atoms with Crippen LogP contribution in [0.25, 0.3) is 0 Å². The minimum Gasteiger partial charge on any atom is -0.360 e. The van der Waals surface area contributed by atoms with Crippen LogP contribution in [0.1, 0.15) is 12.2 Å². The van der Waals surface area contributed by atoms with Gasteiger partial charge in [-0.1, -0.05) is 5.16 Å². The summed E-state index contributed by atoms with van der Waals surface area (Å²) in [5.74, 6) is 0.921. The van der Waals surface area contributed by atoms with E-state index >= 15 is 0 Å². The zero-order valence-electron chi connectivity index (χ0n) is 10.1. The Kier molecular flexibility index (Phi) is 4.50. The number of hydrogen-bond acceptors (Lipinski definition) is 4. The molecule has 2 N–H and O–H groups in total. The average Bonchev–Trinajstić information content (AvgIpc) is 2.63. The number of hydrogen-bond donors (Lipinski definition) is 2. The van der Waals surface area contributed by atoms with Crippen LogP contribution >= 0.6 is 0 Å². The maximum Gasteiger partial charge on any atom is 0.320 e. The first kappa shape index (κ1) is 13.0. The van der Waals surface area contributed by atoms with Crippen molar-refractivity contribution in [3.8, 4) is 0 Å². The number of amides is 3. The molecule has 0 saturated carbocycles. The summed E-state index contributed by atoms with van der Waals surface area (Å²) < 4.78 is 4.79. The zero-order valence-corrected chi connectivity index (χ0v) is 10.1. The van der Waals surface area contributed by atoms with Crippen LogP contribution in [0.4, 0.5) is 10.6 Å². The van der Waals surface area contributed by atoms with Gasteiger partial charge in [0.05, 0.1) is 0 Å². The zero-order chi connectivity index (χ0) is 12.8. The lowest BCUT2D eigenvalue weighted by atomic mass is 10.4. The number of nitrogens with one attached hydrogen (secondary N) is 2. The fourth-order valence-corrected chi connectivity index (χ4v) is 1.09. The molecule has 0 aliphatic carbocycles. The van der Waals surface area contributed by atoms with Gasteiger partial charge in [0.25, 0.3) is 0 Å². The Morgan fingerprint density at radius 3 is 2.71 bits per heavy atom. The van der Waals surface area contributed by atoms with Gasteiger partial charge in [-0.25, -0.2) is 4.79 Å². The van der Waals surface area contributed by atoms with Crippen molar-refractivity contribution < 1.29 is 14.1 Å². The van der Waals surface area contributed by atoms with Crippen molar-refractivity contribution in [2.75, 3.05) is 26.0 Å². The number of aryl methyl sites for hydroxylation is 1. The molecule has 7 nitrogen and oxygen atoms in total. The largest absolute Gasteiger partial charge is 0.360 e. The minimum absolute atomic E-state index is 0.0393. The topological polar surface area (TPSA) is 87.5 Å². The van der Waals surface area contributed by atoms with Crippen molar-refractivity contribution >= 4 is 17.8 Å². The average molecular weight is 240 g/mol. The van der Waals surface area contributed by atoms with E-state index in [0.717, 1.165) is 0 Å². The second kappa shape index (κ2) is 5.88. The molecule has 1 rings (SSSR count). The molecule has 94 valence electrons. The first-order valence-corrected chi connectivity index (χ1v) is 5.17. The van der Waals surface area contributed by atoms with Gasteiger partial charge >= 0.3 is 6.03 Å². The van der Waals surface area contributed by atoms with Crippen LogP contribution in [0, 0.1) is 6.92 Å². The number of aromatic nitrogens is 1. The lowest BCUT2D eigenvalue weighted by molar-refractivity contribution is -0.128. The Labute approximate surface area is 99.1 Å². The molecule has 0 atom stereocenters. The highest BCUT2D eigenvalue weighted by atomic mass is 16.5. The molecule has 1 heterocycles. The van der Waals surface area contributed by atoms with Crippen molar-refractivity contribution in [3.05, 3.63) is 11.8 Å². The second-order valence-electron chi connectivity index (χ2n) is 3.74. The monoisotopic (exact) mass is 240 g/mol. The molecule has 1 aromatic heterocycles. The Hall–Kier alpha value is -2.05. The number of carbonyl (C=O) groups excluding carboxylic acids is 2. The summed E-state index contributed by atoms with van der Waals surface area (Å²) >= 11 is 0. The van der Waals surface area contributed by atoms with Gasteiger partial charge < -0.3 is 14.7 Å². The third-order valence-electron chi connectivity index (χ3n) is 1.99. The molecule has 7 heteroatoms. The van der Waals surface area contributed by atoms with E-state index in [2.05, 4.69) is 15.8 Å². The van der Waals surface area contributed by atoms with Gasteiger partial charge in [-0.3, -0.25) is 10.1 Å². The van der Waals surface area contributed by atoms with E-state index in [1.54, 1.807) is 27.1 Å². The predicted octanol–water partition coefficient (Wildman–Crippen LogP) is 0.583. The highest BCUT2D eigenvalue weighted by Gasteiger charge is 2.07. The van der Waals surface area contributed by atoms with Crippen LogP contribution in [-0.4, -0.2) is 42.6 Å². The van der Waals surface area contributed by atoms with Gasteiger partial charge in [0.1, 0.15) is 5.76 Å². The molecule has 3 amide bonds. The summed E-state index contributed by atoms with van der Waals surface area (Å²) in [5, 5.41) is 8.64. The lowest BCUT2D eigenvalue weighted by Gasteiger charge is -2.10. The number of nitrogens with zero attached hydrogens (tertiary/aromatic N) is 2. The molecule has 0 bridgehead atoms. The predicted molar refractivity (Wildman–Crippen MR) is 61.6 cm³/mol. The number of anilines is 1. The molecular formula is C10H16N4O3. The molecule has 17 heavy (non-hydrogen) atoms. The van der Waals surface area contributed by atoms with E-state index in [-0.39, 0.29) is 18.9 Å². The molecule has 1 aromatic rings.